The van der Waals surface area contributed by atoms with Crippen molar-refractivity contribution in [3.05, 3.63) is 70.2 Å². The molecule has 0 bridgehead atoms. The highest BCUT2D eigenvalue weighted by atomic mass is 16.3. The van der Waals surface area contributed by atoms with Gasteiger partial charge in [0, 0.05) is 43.1 Å². The summed E-state index contributed by atoms with van der Waals surface area (Å²) in [5.41, 5.74) is 9.41. The summed E-state index contributed by atoms with van der Waals surface area (Å²) in [4.78, 5) is 15.2. The van der Waals surface area contributed by atoms with Crippen LogP contribution in [0.3, 0.4) is 0 Å². The molecular weight excluding hydrogens is 466 g/mol. The second-order valence-corrected chi connectivity index (χ2v) is 10.0. The lowest BCUT2D eigenvalue weighted by molar-refractivity contribution is -0.127. The Labute approximate surface area is 217 Å². The first-order valence-electron chi connectivity index (χ1n) is 13.0. The second-order valence-electron chi connectivity index (χ2n) is 10.0. The molecule has 2 aliphatic rings. The van der Waals surface area contributed by atoms with Crippen LogP contribution >= 0.6 is 0 Å². The summed E-state index contributed by atoms with van der Waals surface area (Å²) in [6.45, 7) is 11.3. The van der Waals surface area contributed by atoms with Gasteiger partial charge in [-0.3, -0.25) is 4.79 Å². The molecule has 0 fully saturated rings. The lowest BCUT2D eigenvalue weighted by Gasteiger charge is -2.40. The van der Waals surface area contributed by atoms with E-state index < -0.39 is 0 Å². The van der Waals surface area contributed by atoms with Crippen molar-refractivity contribution in [1.82, 2.24) is 35.1 Å². The van der Waals surface area contributed by atoms with Gasteiger partial charge in [0.05, 0.1) is 29.5 Å². The number of rotatable bonds is 6. The predicted octanol–water partition coefficient (Wildman–Crippen LogP) is 3.90. The van der Waals surface area contributed by atoms with Gasteiger partial charge in [0.2, 0.25) is 0 Å². The monoisotopic (exact) mass is 501 g/mol. The number of carbonyl (C=O) groups excluding carboxylic acids is 1. The zero-order valence-electron chi connectivity index (χ0n) is 22.3. The van der Waals surface area contributed by atoms with E-state index in [0.717, 1.165) is 28.2 Å². The van der Waals surface area contributed by atoms with E-state index in [0.29, 0.717) is 24.2 Å². The topological polar surface area (TPSA) is 98.9 Å². The van der Waals surface area contributed by atoms with Gasteiger partial charge in [0.25, 0.3) is 5.91 Å². The number of nitrogens with zero attached hydrogens (tertiary/aromatic N) is 6. The van der Waals surface area contributed by atoms with Crippen LogP contribution in [-0.2, 0) is 4.79 Å². The Bertz CT molecular complexity index is 1400. The van der Waals surface area contributed by atoms with Crippen molar-refractivity contribution >= 4 is 23.4 Å². The number of hydrogen-bond acceptors (Lipinski definition) is 7. The third-order valence-electron chi connectivity index (χ3n) is 7.89. The number of benzene rings is 1. The fourth-order valence-corrected chi connectivity index (χ4v) is 5.75. The molecule has 2 N–H and O–H groups in total. The van der Waals surface area contributed by atoms with Crippen LogP contribution < -0.4 is 5.43 Å². The maximum atomic E-state index is 13.5. The van der Waals surface area contributed by atoms with Crippen molar-refractivity contribution in [1.29, 1.82) is 0 Å². The molecule has 3 aromatic rings. The van der Waals surface area contributed by atoms with E-state index in [1.807, 2.05) is 75.8 Å². The normalized spacial score (nSPS) is 22.9. The number of amides is 1. The van der Waals surface area contributed by atoms with Gasteiger partial charge in [-0.25, -0.2) is 15.0 Å². The maximum absolute atomic E-state index is 13.5. The molecule has 0 saturated carbocycles. The number of nitrogens with one attached hydrogen (secondary N) is 1. The Morgan fingerprint density at radius 2 is 1.86 bits per heavy atom. The van der Waals surface area contributed by atoms with Crippen molar-refractivity contribution in [2.75, 3.05) is 20.1 Å². The Hall–Kier alpha value is -3.56. The number of aliphatic hydroxyl groups excluding tert-OH is 1. The minimum absolute atomic E-state index is 0.00482. The molecule has 1 aromatic carbocycles. The summed E-state index contributed by atoms with van der Waals surface area (Å²) in [6, 6.07) is 7.58. The number of aryl methyl sites for hydroxylation is 1. The zero-order chi connectivity index (χ0) is 26.4. The van der Waals surface area contributed by atoms with Crippen LogP contribution in [0.15, 0.2) is 42.1 Å². The minimum Gasteiger partial charge on any atom is -0.507 e. The Balaban J connectivity index is 1.48. The molecule has 9 heteroatoms. The molecule has 5 rings (SSSR count). The Kier molecular flexibility index (Phi) is 6.59. The summed E-state index contributed by atoms with van der Waals surface area (Å²) in [7, 11) is 2.02. The summed E-state index contributed by atoms with van der Waals surface area (Å²) in [5.74, 6) is -0.207. The molecule has 2 heterocycles. The van der Waals surface area contributed by atoms with E-state index in [1.165, 1.54) is 0 Å². The van der Waals surface area contributed by atoms with Gasteiger partial charge in [-0.05, 0) is 32.4 Å². The molecule has 4 atom stereocenters. The maximum Gasteiger partial charge on any atom is 0.253 e. The molecule has 0 radical (unpaired) electrons. The van der Waals surface area contributed by atoms with E-state index in [4.69, 9.17) is 0 Å². The van der Waals surface area contributed by atoms with Crippen molar-refractivity contribution in [2.24, 2.45) is 5.92 Å². The summed E-state index contributed by atoms with van der Waals surface area (Å²) < 4.78 is 1.90. The first-order valence-corrected chi connectivity index (χ1v) is 13.0. The standard InChI is InChI=1S/C28H35N7O2/c1-7-34(8-2)28(37)23-18(5)24(19-11-9-10-12-20(19)26(23)36)32-33(6)22-14-13-21-25(17(22)4)35-27(31-30-21)16(3)15-29-35/h9-15,17-18,22,24,32,36H,7-8H2,1-6H3. The number of hydrazine groups is 1. The average Bonchev–Trinajstić information content (AvgIpc) is 3.28. The Morgan fingerprint density at radius 3 is 2.59 bits per heavy atom. The number of carbonyl (C=O) groups is 1. The van der Waals surface area contributed by atoms with E-state index in [2.05, 4.69) is 38.7 Å². The van der Waals surface area contributed by atoms with Crippen LogP contribution in [0.25, 0.3) is 17.5 Å². The summed E-state index contributed by atoms with van der Waals surface area (Å²) in [6.07, 6.45) is 5.95. The molecule has 0 aliphatic heterocycles. The number of likely N-dealkylation sites (N-methyl/N-ethyl adjacent to an activating group) is 2. The van der Waals surface area contributed by atoms with Crippen LogP contribution in [0.2, 0.25) is 0 Å². The molecule has 4 unspecified atom stereocenters. The predicted molar refractivity (Wildman–Crippen MR) is 143 cm³/mol. The highest BCUT2D eigenvalue weighted by Gasteiger charge is 2.39. The molecule has 9 nitrogen and oxygen atoms in total. The average molecular weight is 502 g/mol. The van der Waals surface area contributed by atoms with E-state index in [9.17, 15) is 9.90 Å². The fraction of sp³-hybridized carbons (Fsp3) is 0.429. The molecule has 0 saturated heterocycles. The van der Waals surface area contributed by atoms with Crippen LogP contribution in [0.1, 0.15) is 67.7 Å². The first kappa shape index (κ1) is 25.1. The molecule has 2 aliphatic carbocycles. The highest BCUT2D eigenvalue weighted by Crippen LogP contribution is 2.42. The van der Waals surface area contributed by atoms with Crippen LogP contribution in [0.5, 0.6) is 0 Å². The third kappa shape index (κ3) is 4.02. The second kappa shape index (κ2) is 9.72. The van der Waals surface area contributed by atoms with Gasteiger partial charge in [-0.15, -0.1) is 10.2 Å². The smallest absolute Gasteiger partial charge is 0.253 e. The minimum atomic E-state index is -0.244. The van der Waals surface area contributed by atoms with Crippen LogP contribution in [0, 0.1) is 12.8 Å². The van der Waals surface area contributed by atoms with Gasteiger partial charge in [0.1, 0.15) is 11.5 Å². The molecular formula is C28H35N7O2. The zero-order valence-corrected chi connectivity index (χ0v) is 22.3. The summed E-state index contributed by atoms with van der Waals surface area (Å²) >= 11 is 0. The number of aromatic nitrogens is 4. The third-order valence-corrected chi connectivity index (χ3v) is 7.89. The van der Waals surface area contributed by atoms with E-state index in [-0.39, 0.29) is 35.6 Å². The number of fused-ring (bicyclic) bond motifs is 4. The van der Waals surface area contributed by atoms with Crippen molar-refractivity contribution in [3.63, 3.8) is 0 Å². The largest absolute Gasteiger partial charge is 0.507 e. The molecule has 0 spiro atoms. The van der Waals surface area contributed by atoms with Gasteiger partial charge in [-0.1, -0.05) is 44.2 Å². The lowest BCUT2D eigenvalue weighted by atomic mass is 9.78. The van der Waals surface area contributed by atoms with Crippen molar-refractivity contribution in [2.45, 2.75) is 52.6 Å². The van der Waals surface area contributed by atoms with Gasteiger partial charge >= 0.3 is 0 Å². The van der Waals surface area contributed by atoms with Gasteiger partial charge in [0.15, 0.2) is 5.65 Å². The van der Waals surface area contributed by atoms with E-state index >= 15 is 0 Å². The van der Waals surface area contributed by atoms with Crippen molar-refractivity contribution in [3.8, 4) is 0 Å². The van der Waals surface area contributed by atoms with Gasteiger partial charge in [-0.2, -0.15) is 5.10 Å². The molecule has 37 heavy (non-hydrogen) atoms. The van der Waals surface area contributed by atoms with Crippen molar-refractivity contribution < 1.29 is 9.90 Å². The molecule has 194 valence electrons. The lowest BCUT2D eigenvalue weighted by Crippen LogP contribution is -2.50. The quantitative estimate of drug-likeness (QED) is 0.494. The fourth-order valence-electron chi connectivity index (χ4n) is 5.75. The Morgan fingerprint density at radius 1 is 1.14 bits per heavy atom. The number of aliphatic hydroxyl groups is 1. The van der Waals surface area contributed by atoms with Gasteiger partial charge < -0.3 is 10.0 Å². The van der Waals surface area contributed by atoms with E-state index in [1.54, 1.807) is 4.90 Å². The molecule has 2 aromatic heterocycles. The van der Waals surface area contributed by atoms with Crippen LogP contribution in [0.4, 0.5) is 0 Å². The highest BCUT2D eigenvalue weighted by molar-refractivity contribution is 6.01. The number of hydrogen-bond donors (Lipinski definition) is 2. The summed E-state index contributed by atoms with van der Waals surface area (Å²) in [5, 5.41) is 26.7. The molecule has 1 amide bonds. The first-order chi connectivity index (χ1) is 17.8. The SMILES string of the molecule is CCN(CC)C(=O)C1=C(O)c2ccccc2C(NN(C)C2C=Cc3nnc4c(C)cnn4c3C2C)C1C. The van der Waals surface area contributed by atoms with Crippen LogP contribution in [-0.4, -0.2) is 66.9 Å².